The highest BCUT2D eigenvalue weighted by atomic mass is 19.4. The van der Waals surface area contributed by atoms with Gasteiger partial charge in [-0.05, 0) is 54.0 Å². The van der Waals surface area contributed by atoms with E-state index < -0.39 is 30.2 Å². The van der Waals surface area contributed by atoms with E-state index in [0.29, 0.717) is 37.3 Å². The molecule has 0 bridgehead atoms. The van der Waals surface area contributed by atoms with Crippen molar-refractivity contribution < 1.29 is 42.6 Å². The van der Waals surface area contributed by atoms with E-state index >= 15 is 0 Å². The van der Waals surface area contributed by atoms with Gasteiger partial charge in [-0.3, -0.25) is 14.4 Å². The number of carbonyl (C=O) groups is 4. The van der Waals surface area contributed by atoms with Crippen LogP contribution in [0.2, 0.25) is 0 Å². The number of anilines is 1. The molecule has 1 aromatic heterocycles. The summed E-state index contributed by atoms with van der Waals surface area (Å²) in [5.74, 6) is -3.08. The number of benzene rings is 2. The number of amides is 2. The van der Waals surface area contributed by atoms with Crippen LogP contribution in [0.25, 0.3) is 11.1 Å². The first-order valence-corrected chi connectivity index (χ1v) is 16.3. The highest BCUT2D eigenvalue weighted by Crippen LogP contribution is 2.28. The maximum atomic E-state index is 13.6. The second-order valence-corrected chi connectivity index (χ2v) is 11.9. The van der Waals surface area contributed by atoms with Crippen LogP contribution in [0.15, 0.2) is 79.0 Å². The summed E-state index contributed by atoms with van der Waals surface area (Å²) in [4.78, 5) is 51.4. The van der Waals surface area contributed by atoms with Gasteiger partial charge in [0.1, 0.15) is 11.9 Å². The van der Waals surface area contributed by atoms with Crippen molar-refractivity contribution in [3.63, 3.8) is 0 Å². The van der Waals surface area contributed by atoms with Crippen LogP contribution in [0.4, 0.5) is 19.0 Å². The van der Waals surface area contributed by atoms with Gasteiger partial charge in [0.25, 0.3) is 0 Å². The summed E-state index contributed by atoms with van der Waals surface area (Å²) >= 11 is 0. The number of pyridine rings is 1. The Morgan fingerprint density at radius 1 is 0.816 bits per heavy atom. The van der Waals surface area contributed by atoms with Crippen LogP contribution in [0, 0.1) is 5.92 Å². The molecule has 10 nitrogen and oxygen atoms in total. The lowest BCUT2D eigenvalue weighted by molar-refractivity contribution is -0.192. The number of halogens is 3. The summed E-state index contributed by atoms with van der Waals surface area (Å²) in [5, 5.41) is 25.9. The third kappa shape index (κ3) is 14.4. The quantitative estimate of drug-likeness (QED) is 0.110. The highest BCUT2D eigenvalue weighted by Gasteiger charge is 2.38. The fourth-order valence-corrected chi connectivity index (χ4v) is 5.59. The molecule has 13 heteroatoms. The van der Waals surface area contributed by atoms with Gasteiger partial charge in [-0.15, -0.1) is 0 Å². The number of carboxylic acid groups (broad SMARTS) is 2. The Balaban J connectivity index is 0.000000838. The topological polar surface area (TPSA) is 158 Å². The van der Waals surface area contributed by atoms with Crippen molar-refractivity contribution in [3.05, 3.63) is 84.6 Å². The van der Waals surface area contributed by atoms with Crippen molar-refractivity contribution in [2.45, 2.75) is 82.5 Å². The lowest BCUT2D eigenvalue weighted by Crippen LogP contribution is -2.49. The molecule has 4 rings (SSSR count). The predicted molar refractivity (Wildman–Crippen MR) is 178 cm³/mol. The molecular formula is C36H43F3N4O6. The maximum Gasteiger partial charge on any atom is 0.490 e. The molecule has 264 valence electrons. The normalized spacial score (nSPS) is 14.3. The maximum absolute atomic E-state index is 13.6. The van der Waals surface area contributed by atoms with Crippen molar-refractivity contribution in [1.29, 1.82) is 0 Å². The number of nitrogens with zero attached hydrogens (tertiary/aromatic N) is 1. The van der Waals surface area contributed by atoms with Crippen molar-refractivity contribution in [3.8, 4) is 11.1 Å². The third-order valence-electron chi connectivity index (χ3n) is 8.11. The Bertz CT molecular complexity index is 1470. The van der Waals surface area contributed by atoms with Gasteiger partial charge in [0.15, 0.2) is 0 Å². The zero-order valence-electron chi connectivity index (χ0n) is 27.1. The number of alkyl halides is 3. The largest absolute Gasteiger partial charge is 0.490 e. The summed E-state index contributed by atoms with van der Waals surface area (Å²) in [7, 11) is 0. The average molecular weight is 685 g/mol. The number of aromatic nitrogens is 1. The zero-order valence-corrected chi connectivity index (χ0v) is 27.1. The first-order chi connectivity index (χ1) is 23.4. The van der Waals surface area contributed by atoms with Crippen molar-refractivity contribution >= 4 is 29.6 Å². The Morgan fingerprint density at radius 2 is 1.45 bits per heavy atom. The van der Waals surface area contributed by atoms with Gasteiger partial charge >= 0.3 is 18.1 Å². The van der Waals surface area contributed by atoms with Gasteiger partial charge in [-0.1, -0.05) is 92.8 Å². The first kappa shape index (κ1) is 38.5. The number of carbonyl (C=O) groups excluding carboxylic acids is 2. The SMILES string of the molecule is O=C(O)C(F)(F)F.O=C(O)CC(NC(=O)[C@H](CC1CCCCC1)NC(=O)CCCCNc1ccccn1)c1ccc(-c2ccccc2)cc1. The van der Waals surface area contributed by atoms with Crippen LogP contribution < -0.4 is 16.0 Å². The molecule has 0 saturated heterocycles. The van der Waals surface area contributed by atoms with E-state index in [2.05, 4.69) is 20.9 Å². The van der Waals surface area contributed by atoms with Gasteiger partial charge in [0, 0.05) is 19.2 Å². The molecule has 2 aromatic carbocycles. The second-order valence-electron chi connectivity index (χ2n) is 11.9. The van der Waals surface area contributed by atoms with E-state index in [9.17, 15) is 32.7 Å². The van der Waals surface area contributed by atoms with E-state index in [1.54, 1.807) is 6.20 Å². The molecule has 0 aliphatic heterocycles. The van der Waals surface area contributed by atoms with Gasteiger partial charge < -0.3 is 26.2 Å². The molecule has 2 amide bonds. The van der Waals surface area contributed by atoms with Gasteiger partial charge in [0.05, 0.1) is 12.5 Å². The Morgan fingerprint density at radius 3 is 2.04 bits per heavy atom. The molecule has 0 spiro atoms. The van der Waals surface area contributed by atoms with Crippen molar-refractivity contribution in [2.75, 3.05) is 11.9 Å². The second kappa shape index (κ2) is 19.8. The number of nitrogens with one attached hydrogen (secondary N) is 3. The Kier molecular flexibility index (Phi) is 15.5. The van der Waals surface area contributed by atoms with Gasteiger partial charge in [-0.2, -0.15) is 13.2 Å². The van der Waals surface area contributed by atoms with Crippen LogP contribution >= 0.6 is 0 Å². The van der Waals surface area contributed by atoms with E-state index in [1.807, 2.05) is 72.8 Å². The van der Waals surface area contributed by atoms with Gasteiger partial charge in [0.2, 0.25) is 11.8 Å². The Labute approximate surface area is 283 Å². The lowest BCUT2D eigenvalue weighted by Gasteiger charge is -2.28. The van der Waals surface area contributed by atoms with E-state index in [4.69, 9.17) is 9.90 Å². The monoisotopic (exact) mass is 684 g/mol. The standard InChI is InChI=1S/C34H42N4O4.C2HF3O2/c39-32(16-8-10-22-36-31-15-7-9-21-35-31)37-30(23-25-11-3-1-4-12-25)34(42)38-29(24-33(40)41)28-19-17-27(18-20-28)26-13-5-2-6-14-26;3-2(4,5)1(6)7/h2,5-7,9,13-15,17-21,25,29-30H,1,3-4,8,10-12,16,22-24H2,(H,35,36)(H,37,39)(H,38,42)(H,40,41);(H,6,7)/t29?,30-;/m0./s1. The fraction of sp³-hybridized carbons (Fsp3) is 0.417. The fourth-order valence-electron chi connectivity index (χ4n) is 5.59. The summed E-state index contributed by atoms with van der Waals surface area (Å²) < 4.78 is 31.7. The van der Waals surface area contributed by atoms with Crippen molar-refractivity contribution in [2.24, 2.45) is 5.92 Å². The number of aliphatic carboxylic acids is 2. The zero-order chi connectivity index (χ0) is 35.6. The van der Waals surface area contributed by atoms with E-state index in [0.717, 1.165) is 49.0 Å². The van der Waals surface area contributed by atoms with Crippen LogP contribution in [0.1, 0.15) is 75.8 Å². The minimum Gasteiger partial charge on any atom is -0.481 e. The number of rotatable bonds is 15. The Hall–Kier alpha value is -4.94. The molecule has 3 aromatic rings. The number of unbranched alkanes of at least 4 members (excludes halogenated alkanes) is 1. The molecule has 5 N–H and O–H groups in total. The summed E-state index contributed by atoms with van der Waals surface area (Å²) in [6.07, 6.45) is 4.29. The number of carboxylic acids is 2. The molecule has 2 atom stereocenters. The van der Waals surface area contributed by atoms with E-state index in [1.165, 1.54) is 6.42 Å². The molecule has 1 aliphatic carbocycles. The molecule has 1 unspecified atom stereocenters. The molecule has 1 saturated carbocycles. The first-order valence-electron chi connectivity index (χ1n) is 16.3. The minimum absolute atomic E-state index is 0.161. The van der Waals surface area contributed by atoms with Gasteiger partial charge in [-0.25, -0.2) is 9.78 Å². The highest BCUT2D eigenvalue weighted by molar-refractivity contribution is 5.88. The van der Waals surface area contributed by atoms with Crippen LogP contribution in [-0.4, -0.2) is 57.7 Å². The summed E-state index contributed by atoms with van der Waals surface area (Å²) in [5.41, 5.74) is 2.79. The average Bonchev–Trinajstić information content (AvgIpc) is 3.08. The molecule has 1 fully saturated rings. The summed E-state index contributed by atoms with van der Waals surface area (Å²) in [6, 6.07) is 21.8. The smallest absolute Gasteiger partial charge is 0.481 e. The van der Waals surface area contributed by atoms with Crippen LogP contribution in [-0.2, 0) is 19.2 Å². The van der Waals surface area contributed by atoms with Crippen molar-refractivity contribution in [1.82, 2.24) is 15.6 Å². The van der Waals surface area contributed by atoms with Crippen LogP contribution in [0.3, 0.4) is 0 Å². The molecule has 1 heterocycles. The summed E-state index contributed by atoms with van der Waals surface area (Å²) in [6.45, 7) is 0.705. The molecule has 49 heavy (non-hydrogen) atoms. The number of hydrogen-bond acceptors (Lipinski definition) is 6. The lowest BCUT2D eigenvalue weighted by atomic mass is 9.84. The number of hydrogen-bond donors (Lipinski definition) is 5. The molecule has 0 radical (unpaired) electrons. The molecule has 1 aliphatic rings. The predicted octanol–water partition coefficient (Wildman–Crippen LogP) is 6.75. The minimum atomic E-state index is -5.08. The van der Waals surface area contributed by atoms with E-state index in [-0.39, 0.29) is 18.2 Å². The third-order valence-corrected chi connectivity index (χ3v) is 8.11. The van der Waals surface area contributed by atoms with Crippen LogP contribution in [0.5, 0.6) is 0 Å². The molecular weight excluding hydrogens is 641 g/mol.